The van der Waals surface area contributed by atoms with Crippen LogP contribution in [0.2, 0.25) is 0 Å². The average Bonchev–Trinajstić information content (AvgIpc) is 1.65. The molecule has 0 atom stereocenters. The van der Waals surface area contributed by atoms with Gasteiger partial charge in [-0.05, 0) is 0 Å². The van der Waals surface area contributed by atoms with Gasteiger partial charge in [0.2, 0.25) is 6.35 Å². The van der Waals surface area contributed by atoms with Crippen molar-refractivity contribution < 1.29 is 9.53 Å². The number of rotatable bonds is 1. The van der Waals surface area contributed by atoms with E-state index >= 15 is 0 Å². The van der Waals surface area contributed by atoms with E-state index in [2.05, 4.69) is 10.1 Å². The van der Waals surface area contributed by atoms with Crippen molar-refractivity contribution in [2.24, 2.45) is 11.5 Å². The summed E-state index contributed by atoms with van der Waals surface area (Å²) in [7, 11) is 1.42. The highest BCUT2D eigenvalue weighted by Gasteiger charge is 1.98. The molecule has 0 fully saturated rings. The van der Waals surface area contributed by atoms with Crippen LogP contribution in [0.1, 0.15) is 0 Å². The normalized spacial score (nSPS) is 9.00. The van der Waals surface area contributed by atoms with Gasteiger partial charge in [-0.1, -0.05) is 0 Å². The maximum atomic E-state index is 10.1. The Labute approximate surface area is 47.0 Å². The Balaban J connectivity index is 3.25. The van der Waals surface area contributed by atoms with Gasteiger partial charge >= 0.3 is 6.09 Å². The topological polar surface area (TPSA) is 90.4 Å². The Hall–Kier alpha value is -0.810. The Bertz CT molecular complexity index is 82.6. The molecule has 0 saturated carbocycles. The van der Waals surface area contributed by atoms with Crippen LogP contribution in [0, 0.1) is 0 Å². The van der Waals surface area contributed by atoms with Crippen LogP contribution in [0.25, 0.3) is 0 Å². The number of carbonyl (C=O) groups excluding carboxylic acids is 1. The summed E-state index contributed by atoms with van der Waals surface area (Å²) in [5, 5.41) is 2.18. The smallest absolute Gasteiger partial charge is 0.409 e. The first-order valence-corrected chi connectivity index (χ1v) is 2.06. The molecule has 0 radical (unpaired) electrons. The number of hydrogen-bond donors (Lipinski definition) is 3. The molecule has 8 heavy (non-hydrogen) atoms. The third-order valence-corrected chi connectivity index (χ3v) is 0.447. The highest BCUT2D eigenvalue weighted by Crippen LogP contribution is 1.72. The fourth-order valence-electron chi connectivity index (χ4n) is 0.183. The molecule has 48 valence electrons. The minimum atomic E-state index is -1.03. The lowest BCUT2D eigenvalue weighted by atomic mass is 11.0. The third kappa shape index (κ3) is 3.38. The number of alkyl carbamates (subject to hydrolysis) is 1. The predicted octanol–water partition coefficient (Wildman–Crippen LogP) is -1.46. The number of amides is 1. The minimum Gasteiger partial charge on any atom is -0.417 e. The van der Waals surface area contributed by atoms with Gasteiger partial charge in [0.15, 0.2) is 0 Å². The van der Waals surface area contributed by atoms with Crippen molar-refractivity contribution in [2.45, 2.75) is 6.35 Å². The van der Waals surface area contributed by atoms with E-state index in [1.807, 2.05) is 0 Å². The highest BCUT2D eigenvalue weighted by atomic mass is 16.6. The fraction of sp³-hybridized carbons (Fsp3) is 0.667. The van der Waals surface area contributed by atoms with Crippen molar-refractivity contribution >= 4 is 6.09 Å². The van der Waals surface area contributed by atoms with Gasteiger partial charge in [-0.25, -0.2) is 4.79 Å². The summed E-state index contributed by atoms with van der Waals surface area (Å²) in [6.07, 6.45) is -1.66. The maximum Gasteiger partial charge on any atom is 0.409 e. The van der Waals surface area contributed by atoms with Crippen molar-refractivity contribution in [3.05, 3.63) is 0 Å². The molecule has 1 amide bonds. The molecule has 0 heterocycles. The van der Waals surface area contributed by atoms with Crippen molar-refractivity contribution in [1.29, 1.82) is 0 Å². The first-order chi connectivity index (χ1) is 3.66. The second-order valence-electron chi connectivity index (χ2n) is 1.12. The summed E-state index contributed by atoms with van der Waals surface area (Å²) in [5.74, 6) is 0. The van der Waals surface area contributed by atoms with Crippen molar-refractivity contribution in [2.75, 3.05) is 7.05 Å². The fourth-order valence-corrected chi connectivity index (χ4v) is 0.183. The van der Waals surface area contributed by atoms with Crippen LogP contribution < -0.4 is 16.8 Å². The lowest BCUT2D eigenvalue weighted by Gasteiger charge is -2.04. The van der Waals surface area contributed by atoms with Crippen LogP contribution >= 0.6 is 0 Å². The van der Waals surface area contributed by atoms with Crippen molar-refractivity contribution in [1.82, 2.24) is 5.32 Å². The lowest BCUT2D eigenvalue weighted by molar-refractivity contribution is 0.106. The summed E-state index contributed by atoms with van der Waals surface area (Å²) >= 11 is 0. The zero-order valence-electron chi connectivity index (χ0n) is 4.55. The zero-order valence-corrected chi connectivity index (χ0v) is 4.55. The van der Waals surface area contributed by atoms with E-state index in [0.29, 0.717) is 0 Å². The van der Waals surface area contributed by atoms with Gasteiger partial charge in [0, 0.05) is 7.05 Å². The van der Waals surface area contributed by atoms with E-state index in [0.717, 1.165) is 0 Å². The maximum absolute atomic E-state index is 10.1. The molecule has 0 saturated heterocycles. The van der Waals surface area contributed by atoms with Crippen LogP contribution in [0.15, 0.2) is 0 Å². The Morgan fingerprint density at radius 2 is 2.25 bits per heavy atom. The molecule has 0 unspecified atom stereocenters. The zero-order chi connectivity index (χ0) is 6.57. The van der Waals surface area contributed by atoms with Gasteiger partial charge in [-0.3, -0.25) is 11.5 Å². The van der Waals surface area contributed by atoms with Crippen LogP contribution in [0.3, 0.4) is 0 Å². The molecule has 0 aliphatic carbocycles. The largest absolute Gasteiger partial charge is 0.417 e. The summed E-state index contributed by atoms with van der Waals surface area (Å²) < 4.78 is 4.20. The molecule has 0 aliphatic heterocycles. The van der Waals surface area contributed by atoms with E-state index < -0.39 is 12.4 Å². The van der Waals surface area contributed by atoms with Gasteiger partial charge in [-0.2, -0.15) is 0 Å². The lowest BCUT2D eigenvalue weighted by Crippen LogP contribution is -2.38. The minimum absolute atomic E-state index is 0.625. The van der Waals surface area contributed by atoms with Crippen LogP contribution in [-0.2, 0) is 4.74 Å². The standard InChI is InChI=1S/C3H9N3O2/c1-6-3(7)8-2(4)5/h2H,4-5H2,1H3,(H,6,7). The monoisotopic (exact) mass is 119 g/mol. The molecule has 0 aromatic rings. The second-order valence-corrected chi connectivity index (χ2v) is 1.12. The van der Waals surface area contributed by atoms with E-state index in [1.54, 1.807) is 0 Å². The summed E-state index contributed by atoms with van der Waals surface area (Å²) in [5.41, 5.74) is 9.73. The van der Waals surface area contributed by atoms with Gasteiger partial charge in [0.25, 0.3) is 0 Å². The highest BCUT2D eigenvalue weighted by molar-refractivity contribution is 5.66. The molecule has 5 nitrogen and oxygen atoms in total. The van der Waals surface area contributed by atoms with E-state index in [1.165, 1.54) is 7.05 Å². The Kier molecular flexibility index (Phi) is 2.90. The molecular weight excluding hydrogens is 110 g/mol. The molecule has 0 spiro atoms. The van der Waals surface area contributed by atoms with E-state index in [-0.39, 0.29) is 0 Å². The summed E-state index contributed by atoms with van der Waals surface area (Å²) in [6, 6.07) is 0. The first-order valence-electron chi connectivity index (χ1n) is 2.06. The van der Waals surface area contributed by atoms with E-state index in [4.69, 9.17) is 11.5 Å². The van der Waals surface area contributed by atoms with Crippen molar-refractivity contribution in [3.63, 3.8) is 0 Å². The quantitative estimate of drug-likeness (QED) is 0.368. The van der Waals surface area contributed by atoms with Crippen molar-refractivity contribution in [3.8, 4) is 0 Å². The Morgan fingerprint density at radius 3 is 2.38 bits per heavy atom. The van der Waals surface area contributed by atoms with Crippen LogP contribution in [0.5, 0.6) is 0 Å². The average molecular weight is 119 g/mol. The van der Waals surface area contributed by atoms with Gasteiger partial charge < -0.3 is 10.1 Å². The Morgan fingerprint density at radius 1 is 1.75 bits per heavy atom. The van der Waals surface area contributed by atoms with Crippen LogP contribution in [0.4, 0.5) is 4.79 Å². The third-order valence-electron chi connectivity index (χ3n) is 0.447. The van der Waals surface area contributed by atoms with Gasteiger partial charge in [-0.15, -0.1) is 0 Å². The molecule has 0 aliphatic rings. The number of carbonyl (C=O) groups is 1. The number of nitrogens with two attached hydrogens (primary N) is 2. The molecule has 0 bridgehead atoms. The van der Waals surface area contributed by atoms with E-state index in [9.17, 15) is 4.79 Å². The second kappa shape index (κ2) is 3.23. The van der Waals surface area contributed by atoms with Gasteiger partial charge in [0.1, 0.15) is 0 Å². The molecule has 0 aromatic heterocycles. The first kappa shape index (κ1) is 7.19. The molecule has 5 N–H and O–H groups in total. The number of hydrogen-bond acceptors (Lipinski definition) is 4. The summed E-state index contributed by atoms with van der Waals surface area (Å²) in [6.45, 7) is 0. The molecular formula is C3H9N3O2. The predicted molar refractivity (Wildman–Crippen MR) is 27.7 cm³/mol. The molecule has 0 rings (SSSR count). The number of nitrogens with one attached hydrogen (secondary N) is 1. The van der Waals surface area contributed by atoms with Gasteiger partial charge in [0.05, 0.1) is 0 Å². The molecule has 0 aromatic carbocycles. The van der Waals surface area contributed by atoms with Crippen LogP contribution in [-0.4, -0.2) is 19.5 Å². The number of ether oxygens (including phenoxy) is 1. The summed E-state index contributed by atoms with van der Waals surface area (Å²) in [4.78, 5) is 10.1. The SMILES string of the molecule is CNC(=O)OC(N)N. The molecule has 5 heteroatoms.